The first kappa shape index (κ1) is 20.8. The molecule has 0 aliphatic carbocycles. The van der Waals surface area contributed by atoms with Crippen LogP contribution in [-0.2, 0) is 6.54 Å². The number of hydrogen-bond acceptors (Lipinski definition) is 4. The number of ether oxygens (including phenoxy) is 2. The monoisotopic (exact) mass is 433 g/mol. The summed E-state index contributed by atoms with van der Waals surface area (Å²) in [5.74, 6) is 1.40. The number of hydrogen-bond donors (Lipinski definition) is 0. The number of nitrogens with zero attached hydrogens (tertiary/aromatic N) is 3. The first-order valence-corrected chi connectivity index (χ1v) is 11.2. The molecular formula is C26H28FN3O2. The zero-order valence-electron chi connectivity index (χ0n) is 18.6. The van der Waals surface area contributed by atoms with Crippen molar-refractivity contribution in [1.29, 1.82) is 0 Å². The van der Waals surface area contributed by atoms with Gasteiger partial charge in [-0.25, -0.2) is 4.39 Å². The number of rotatable bonds is 7. The second-order valence-electron chi connectivity index (χ2n) is 8.64. The molecule has 1 atom stereocenters. The molecule has 1 aliphatic heterocycles. The highest BCUT2D eigenvalue weighted by atomic mass is 19.1. The molecule has 0 saturated heterocycles. The Kier molecular flexibility index (Phi) is 5.70. The minimum absolute atomic E-state index is 0.0178. The summed E-state index contributed by atoms with van der Waals surface area (Å²) in [4.78, 5) is 6.89. The van der Waals surface area contributed by atoms with Gasteiger partial charge < -0.3 is 18.9 Å². The third-order valence-corrected chi connectivity index (χ3v) is 6.07. The zero-order chi connectivity index (χ0) is 22.1. The van der Waals surface area contributed by atoms with Crippen LogP contribution in [0.1, 0.15) is 18.5 Å². The van der Waals surface area contributed by atoms with Gasteiger partial charge in [-0.3, -0.25) is 4.98 Å². The number of likely N-dealkylation sites (N-methyl/N-ethyl adjacent to an activating group) is 1. The molecule has 1 unspecified atom stereocenters. The fraction of sp³-hybridized carbons (Fsp3) is 0.346. The largest absolute Gasteiger partial charge is 0.486 e. The molecule has 32 heavy (non-hydrogen) atoms. The van der Waals surface area contributed by atoms with Crippen LogP contribution in [0, 0.1) is 12.7 Å². The molecule has 0 amide bonds. The first-order chi connectivity index (χ1) is 15.6. The summed E-state index contributed by atoms with van der Waals surface area (Å²) >= 11 is 0. The number of unbranched alkanes of at least 4 members (excludes halogenated alkanes) is 1. The fourth-order valence-corrected chi connectivity index (χ4v) is 4.42. The molecule has 3 heterocycles. The second-order valence-corrected chi connectivity index (χ2v) is 8.64. The molecular weight excluding hydrogens is 405 g/mol. The summed E-state index contributed by atoms with van der Waals surface area (Å²) in [6.45, 7) is 5.19. The predicted molar refractivity (Wildman–Crippen MR) is 125 cm³/mol. The number of aryl methyl sites for hydroxylation is 2. The highest BCUT2D eigenvalue weighted by molar-refractivity contribution is 5.88. The van der Waals surface area contributed by atoms with Gasteiger partial charge in [0.2, 0.25) is 0 Å². The van der Waals surface area contributed by atoms with Gasteiger partial charge in [0.05, 0.1) is 11.0 Å². The Morgan fingerprint density at radius 3 is 2.94 bits per heavy atom. The third-order valence-electron chi connectivity index (χ3n) is 6.07. The summed E-state index contributed by atoms with van der Waals surface area (Å²) in [6.07, 6.45) is 4.11. The second kappa shape index (κ2) is 8.79. The van der Waals surface area contributed by atoms with Gasteiger partial charge in [0.15, 0.2) is 11.5 Å². The maximum Gasteiger partial charge on any atom is 0.171 e. The lowest BCUT2D eigenvalue weighted by Crippen LogP contribution is -2.39. The van der Waals surface area contributed by atoms with E-state index in [1.54, 1.807) is 6.07 Å². The van der Waals surface area contributed by atoms with E-state index < -0.39 is 0 Å². The van der Waals surface area contributed by atoms with Gasteiger partial charge in [0.25, 0.3) is 0 Å². The molecule has 0 spiro atoms. The van der Waals surface area contributed by atoms with Gasteiger partial charge >= 0.3 is 0 Å². The Morgan fingerprint density at radius 2 is 2.03 bits per heavy atom. The molecule has 2 aromatic carbocycles. The van der Waals surface area contributed by atoms with E-state index in [0.717, 1.165) is 71.5 Å². The Morgan fingerprint density at radius 1 is 1.12 bits per heavy atom. The SMILES string of the molecule is Cc1ccc2c3c(ccc2n1)OCC(CN(C)CCCCn1ccc2ccc(F)cc21)O3. The molecule has 1 aliphatic rings. The average molecular weight is 434 g/mol. The minimum atomic E-state index is -0.188. The van der Waals surface area contributed by atoms with Crippen LogP contribution < -0.4 is 9.47 Å². The van der Waals surface area contributed by atoms with Crippen molar-refractivity contribution in [3.05, 3.63) is 66.2 Å². The summed E-state index contributed by atoms with van der Waals surface area (Å²) < 4.78 is 28.0. The van der Waals surface area contributed by atoms with Crippen LogP contribution in [0.4, 0.5) is 4.39 Å². The van der Waals surface area contributed by atoms with E-state index in [9.17, 15) is 4.39 Å². The molecule has 6 heteroatoms. The van der Waals surface area contributed by atoms with Crippen LogP contribution in [-0.4, -0.2) is 47.3 Å². The number of benzene rings is 2. The minimum Gasteiger partial charge on any atom is -0.486 e. The standard InChI is InChI=1S/C26H28FN3O2/c1-18-5-8-22-23(28-18)9-10-25-26(22)32-21(17-31-25)16-29(2)12-3-4-13-30-14-11-19-6-7-20(27)15-24(19)30/h5-11,14-15,21H,3-4,12-13,16-17H2,1-2H3. The molecule has 5 nitrogen and oxygen atoms in total. The molecule has 0 fully saturated rings. The lowest BCUT2D eigenvalue weighted by molar-refractivity contribution is 0.0668. The molecule has 0 N–H and O–H groups in total. The smallest absolute Gasteiger partial charge is 0.171 e. The van der Waals surface area contributed by atoms with E-state index in [1.807, 2.05) is 43.5 Å². The van der Waals surface area contributed by atoms with Crippen molar-refractivity contribution >= 4 is 21.8 Å². The zero-order valence-corrected chi connectivity index (χ0v) is 18.6. The van der Waals surface area contributed by atoms with Gasteiger partial charge in [0, 0.05) is 30.4 Å². The summed E-state index contributed by atoms with van der Waals surface area (Å²) in [5.41, 5.74) is 2.88. The first-order valence-electron chi connectivity index (χ1n) is 11.2. The normalized spacial score (nSPS) is 15.7. The molecule has 0 radical (unpaired) electrons. The quantitative estimate of drug-likeness (QED) is 0.376. The number of halogens is 1. The van der Waals surface area contributed by atoms with Crippen molar-refractivity contribution in [3.63, 3.8) is 0 Å². The van der Waals surface area contributed by atoms with Gasteiger partial charge in [0.1, 0.15) is 18.5 Å². The van der Waals surface area contributed by atoms with Crippen LogP contribution in [0.25, 0.3) is 21.8 Å². The maximum atomic E-state index is 13.6. The fourth-order valence-electron chi connectivity index (χ4n) is 4.42. The highest BCUT2D eigenvalue weighted by Gasteiger charge is 2.24. The summed E-state index contributed by atoms with van der Waals surface area (Å²) in [5, 5.41) is 2.08. The Bertz CT molecular complexity index is 1250. The van der Waals surface area contributed by atoms with Crippen LogP contribution in [0.3, 0.4) is 0 Å². The van der Waals surface area contributed by atoms with Crippen LogP contribution in [0.5, 0.6) is 11.5 Å². The van der Waals surface area contributed by atoms with Crippen molar-refractivity contribution in [2.75, 3.05) is 26.7 Å². The molecule has 0 saturated carbocycles. The summed E-state index contributed by atoms with van der Waals surface area (Å²) in [6, 6.07) is 15.0. The van der Waals surface area contributed by atoms with E-state index in [1.165, 1.54) is 6.07 Å². The van der Waals surface area contributed by atoms with Crippen molar-refractivity contribution < 1.29 is 13.9 Å². The molecule has 4 aromatic rings. The van der Waals surface area contributed by atoms with E-state index >= 15 is 0 Å². The summed E-state index contributed by atoms with van der Waals surface area (Å²) in [7, 11) is 2.12. The third kappa shape index (κ3) is 4.28. The van der Waals surface area contributed by atoms with E-state index in [2.05, 4.69) is 27.6 Å². The lowest BCUT2D eigenvalue weighted by atomic mass is 10.1. The number of fused-ring (bicyclic) bond motifs is 4. The Labute approximate surface area is 187 Å². The molecule has 5 rings (SSSR count). The van der Waals surface area contributed by atoms with Gasteiger partial charge in [-0.05, 0) is 87.3 Å². The predicted octanol–water partition coefficient (Wildman–Crippen LogP) is 5.19. The topological polar surface area (TPSA) is 39.5 Å². The van der Waals surface area contributed by atoms with Gasteiger partial charge in [-0.2, -0.15) is 0 Å². The van der Waals surface area contributed by atoms with E-state index in [0.29, 0.717) is 6.61 Å². The van der Waals surface area contributed by atoms with E-state index in [4.69, 9.17) is 9.47 Å². The maximum absolute atomic E-state index is 13.6. The van der Waals surface area contributed by atoms with E-state index in [-0.39, 0.29) is 11.9 Å². The van der Waals surface area contributed by atoms with Crippen molar-refractivity contribution in [2.24, 2.45) is 0 Å². The van der Waals surface area contributed by atoms with Crippen molar-refractivity contribution in [3.8, 4) is 11.5 Å². The van der Waals surface area contributed by atoms with Crippen LogP contribution in [0.2, 0.25) is 0 Å². The van der Waals surface area contributed by atoms with Crippen molar-refractivity contribution in [2.45, 2.75) is 32.4 Å². The molecule has 2 aromatic heterocycles. The van der Waals surface area contributed by atoms with Gasteiger partial charge in [-0.15, -0.1) is 0 Å². The van der Waals surface area contributed by atoms with Gasteiger partial charge in [-0.1, -0.05) is 0 Å². The lowest BCUT2D eigenvalue weighted by Gasteiger charge is -2.30. The average Bonchev–Trinajstić information content (AvgIpc) is 3.18. The number of pyridine rings is 1. The number of aromatic nitrogens is 2. The highest BCUT2D eigenvalue weighted by Crippen LogP contribution is 2.38. The molecule has 166 valence electrons. The van der Waals surface area contributed by atoms with Crippen LogP contribution >= 0.6 is 0 Å². The Balaban J connectivity index is 1.14. The van der Waals surface area contributed by atoms with Crippen LogP contribution in [0.15, 0.2) is 54.7 Å². The van der Waals surface area contributed by atoms with Crippen molar-refractivity contribution in [1.82, 2.24) is 14.5 Å². The Hall–Kier alpha value is -3.12. The molecule has 0 bridgehead atoms.